The van der Waals surface area contributed by atoms with E-state index in [1.54, 1.807) is 0 Å². The number of alkyl halides is 1. The van der Waals surface area contributed by atoms with Crippen LogP contribution in [0.1, 0.15) is 51.9 Å². The summed E-state index contributed by atoms with van der Waals surface area (Å²) in [5, 5.41) is 0.975. The third kappa shape index (κ3) is 3.68. The van der Waals surface area contributed by atoms with Crippen molar-refractivity contribution in [3.8, 4) is 0 Å². The summed E-state index contributed by atoms with van der Waals surface area (Å²) in [5.74, 6) is 0.925. The van der Waals surface area contributed by atoms with Gasteiger partial charge in [-0.2, -0.15) is 0 Å². The largest absolute Gasteiger partial charge is 0.376 e. The zero-order valence-electron chi connectivity index (χ0n) is 10.9. The average molecular weight is 305 g/mol. The standard InChI is InChI=1S/C14H25BrO2/c1-2-12-5-7-14(11-15,8-6-12)17-10-13-4-3-9-16-13/h12-13H,2-11H2,1H3. The summed E-state index contributed by atoms with van der Waals surface area (Å²) in [6.07, 6.45) is 9.14. The van der Waals surface area contributed by atoms with Gasteiger partial charge in [-0.25, -0.2) is 0 Å². The molecule has 1 aliphatic heterocycles. The van der Waals surface area contributed by atoms with Gasteiger partial charge >= 0.3 is 0 Å². The molecular formula is C14H25BrO2. The maximum atomic E-state index is 6.22. The Balaban J connectivity index is 1.78. The van der Waals surface area contributed by atoms with Crippen LogP contribution in [-0.4, -0.2) is 30.2 Å². The molecule has 1 saturated carbocycles. The molecule has 0 N–H and O–H groups in total. The Morgan fingerprint density at radius 3 is 2.59 bits per heavy atom. The van der Waals surface area contributed by atoms with Gasteiger partial charge in [0.15, 0.2) is 0 Å². The van der Waals surface area contributed by atoms with Gasteiger partial charge in [0.2, 0.25) is 0 Å². The predicted molar refractivity (Wildman–Crippen MR) is 73.7 cm³/mol. The molecule has 0 radical (unpaired) electrons. The van der Waals surface area contributed by atoms with Crippen molar-refractivity contribution in [2.75, 3.05) is 18.5 Å². The van der Waals surface area contributed by atoms with Gasteiger partial charge in [0.25, 0.3) is 0 Å². The molecule has 1 heterocycles. The van der Waals surface area contributed by atoms with Crippen molar-refractivity contribution < 1.29 is 9.47 Å². The average Bonchev–Trinajstić information content (AvgIpc) is 2.90. The normalized spacial score (nSPS) is 38.5. The van der Waals surface area contributed by atoms with E-state index in [0.29, 0.717) is 6.10 Å². The highest BCUT2D eigenvalue weighted by Crippen LogP contribution is 2.37. The molecule has 3 heteroatoms. The molecule has 0 aromatic carbocycles. The Labute approximate surface area is 114 Å². The molecule has 0 aromatic rings. The van der Waals surface area contributed by atoms with E-state index in [9.17, 15) is 0 Å². The van der Waals surface area contributed by atoms with E-state index in [-0.39, 0.29) is 5.60 Å². The first-order valence-electron chi connectivity index (χ1n) is 7.09. The second-order valence-electron chi connectivity index (χ2n) is 5.61. The third-order valence-electron chi connectivity index (χ3n) is 4.44. The van der Waals surface area contributed by atoms with Gasteiger partial charge in [0.05, 0.1) is 18.3 Å². The van der Waals surface area contributed by atoms with Crippen molar-refractivity contribution in [2.24, 2.45) is 5.92 Å². The predicted octanol–water partition coefficient (Wildman–Crippen LogP) is 3.92. The molecule has 1 atom stereocenters. The van der Waals surface area contributed by atoms with Gasteiger partial charge in [-0.3, -0.25) is 0 Å². The number of hydrogen-bond acceptors (Lipinski definition) is 2. The molecule has 2 rings (SSSR count). The molecule has 17 heavy (non-hydrogen) atoms. The molecule has 100 valence electrons. The van der Waals surface area contributed by atoms with Crippen LogP contribution in [0, 0.1) is 5.92 Å². The Kier molecular flexibility index (Phi) is 5.31. The van der Waals surface area contributed by atoms with E-state index < -0.39 is 0 Å². The third-order valence-corrected chi connectivity index (χ3v) is 5.46. The highest BCUT2D eigenvalue weighted by molar-refractivity contribution is 9.09. The first kappa shape index (κ1) is 13.8. The summed E-state index contributed by atoms with van der Waals surface area (Å²) in [7, 11) is 0. The fourth-order valence-electron chi connectivity index (χ4n) is 2.97. The van der Waals surface area contributed by atoms with Crippen LogP contribution in [0.3, 0.4) is 0 Å². The molecule has 1 aliphatic carbocycles. The van der Waals surface area contributed by atoms with Crippen LogP contribution in [0.25, 0.3) is 0 Å². The van der Waals surface area contributed by atoms with E-state index in [2.05, 4.69) is 22.9 Å². The Bertz CT molecular complexity index is 218. The molecule has 1 unspecified atom stereocenters. The van der Waals surface area contributed by atoms with Crippen molar-refractivity contribution in [3.05, 3.63) is 0 Å². The number of halogens is 1. The Morgan fingerprint density at radius 2 is 2.06 bits per heavy atom. The lowest BCUT2D eigenvalue weighted by Crippen LogP contribution is -2.40. The van der Waals surface area contributed by atoms with Gasteiger partial charge in [0, 0.05) is 11.9 Å². The number of ether oxygens (including phenoxy) is 2. The van der Waals surface area contributed by atoms with E-state index in [1.165, 1.54) is 44.9 Å². The minimum atomic E-state index is 0.0949. The molecule has 0 bridgehead atoms. The van der Waals surface area contributed by atoms with E-state index in [1.807, 2.05) is 0 Å². The van der Waals surface area contributed by atoms with Crippen molar-refractivity contribution in [2.45, 2.75) is 63.6 Å². The second-order valence-corrected chi connectivity index (χ2v) is 6.18. The molecule has 0 spiro atoms. The zero-order chi connectivity index (χ0) is 12.1. The zero-order valence-corrected chi connectivity index (χ0v) is 12.5. The summed E-state index contributed by atoms with van der Waals surface area (Å²) >= 11 is 3.65. The highest BCUT2D eigenvalue weighted by Gasteiger charge is 2.35. The summed E-state index contributed by atoms with van der Waals surface area (Å²) < 4.78 is 11.9. The van der Waals surface area contributed by atoms with Gasteiger partial charge in [0.1, 0.15) is 0 Å². The summed E-state index contributed by atoms with van der Waals surface area (Å²) in [4.78, 5) is 0. The number of hydrogen-bond donors (Lipinski definition) is 0. The minimum absolute atomic E-state index is 0.0949. The highest BCUT2D eigenvalue weighted by atomic mass is 79.9. The Hall–Kier alpha value is 0.400. The fourth-order valence-corrected chi connectivity index (χ4v) is 3.70. The van der Waals surface area contributed by atoms with E-state index in [0.717, 1.165) is 24.5 Å². The van der Waals surface area contributed by atoms with Gasteiger partial charge in [-0.1, -0.05) is 29.3 Å². The van der Waals surface area contributed by atoms with Crippen LogP contribution in [0.15, 0.2) is 0 Å². The van der Waals surface area contributed by atoms with Crippen LogP contribution in [-0.2, 0) is 9.47 Å². The van der Waals surface area contributed by atoms with Crippen LogP contribution < -0.4 is 0 Å². The van der Waals surface area contributed by atoms with Gasteiger partial charge in [-0.05, 0) is 44.4 Å². The van der Waals surface area contributed by atoms with E-state index in [4.69, 9.17) is 9.47 Å². The van der Waals surface area contributed by atoms with Crippen LogP contribution in [0.2, 0.25) is 0 Å². The quantitative estimate of drug-likeness (QED) is 0.717. The fraction of sp³-hybridized carbons (Fsp3) is 1.00. The van der Waals surface area contributed by atoms with Crippen molar-refractivity contribution >= 4 is 15.9 Å². The van der Waals surface area contributed by atoms with Crippen molar-refractivity contribution in [3.63, 3.8) is 0 Å². The first-order valence-corrected chi connectivity index (χ1v) is 8.21. The molecular weight excluding hydrogens is 280 g/mol. The van der Waals surface area contributed by atoms with Crippen LogP contribution in [0.4, 0.5) is 0 Å². The monoisotopic (exact) mass is 304 g/mol. The number of rotatable bonds is 5. The summed E-state index contributed by atoms with van der Waals surface area (Å²) in [6, 6.07) is 0. The Morgan fingerprint density at radius 1 is 1.29 bits per heavy atom. The smallest absolute Gasteiger partial charge is 0.0809 e. The lowest BCUT2D eigenvalue weighted by atomic mass is 9.78. The first-order chi connectivity index (χ1) is 8.28. The maximum absolute atomic E-state index is 6.22. The minimum Gasteiger partial charge on any atom is -0.376 e. The molecule has 2 aliphatic rings. The molecule has 2 fully saturated rings. The molecule has 0 amide bonds. The lowest BCUT2D eigenvalue weighted by Gasteiger charge is -2.39. The van der Waals surface area contributed by atoms with Crippen LogP contribution in [0.5, 0.6) is 0 Å². The SMILES string of the molecule is CCC1CCC(CBr)(OCC2CCCO2)CC1. The molecule has 2 nitrogen and oxygen atoms in total. The summed E-state index contributed by atoms with van der Waals surface area (Å²) in [6.45, 7) is 4.02. The summed E-state index contributed by atoms with van der Waals surface area (Å²) in [5.41, 5.74) is 0.0949. The van der Waals surface area contributed by atoms with E-state index >= 15 is 0 Å². The van der Waals surface area contributed by atoms with Gasteiger partial charge in [-0.15, -0.1) is 0 Å². The van der Waals surface area contributed by atoms with Crippen molar-refractivity contribution in [1.82, 2.24) is 0 Å². The maximum Gasteiger partial charge on any atom is 0.0809 e. The molecule has 1 saturated heterocycles. The lowest BCUT2D eigenvalue weighted by molar-refractivity contribution is -0.0934. The van der Waals surface area contributed by atoms with Crippen LogP contribution >= 0.6 is 15.9 Å². The van der Waals surface area contributed by atoms with Gasteiger partial charge < -0.3 is 9.47 Å². The molecule has 0 aromatic heterocycles. The van der Waals surface area contributed by atoms with Crippen molar-refractivity contribution in [1.29, 1.82) is 0 Å². The topological polar surface area (TPSA) is 18.5 Å². The second kappa shape index (κ2) is 6.53.